The number of alkyl halides is 3. The molecule has 2 N–H and O–H groups in total. The van der Waals surface area contributed by atoms with Gasteiger partial charge in [0.05, 0.1) is 11.7 Å². The van der Waals surface area contributed by atoms with Gasteiger partial charge in [-0.15, -0.1) is 0 Å². The second-order valence-corrected chi connectivity index (χ2v) is 7.69. The number of nitrogens with zero attached hydrogens (tertiary/aromatic N) is 2. The summed E-state index contributed by atoms with van der Waals surface area (Å²) in [6, 6.07) is 4.04. The fourth-order valence-corrected chi connectivity index (χ4v) is 3.54. The molecule has 0 radical (unpaired) electrons. The molecule has 0 saturated carbocycles. The fourth-order valence-electron chi connectivity index (χ4n) is 3.54. The Labute approximate surface area is 175 Å². The number of ether oxygens (including phenoxy) is 1. The number of nitrogens with one attached hydrogen (secondary N) is 2. The van der Waals surface area contributed by atoms with Gasteiger partial charge in [0.25, 0.3) is 0 Å². The zero-order chi connectivity index (χ0) is 22.3. The zero-order valence-corrected chi connectivity index (χ0v) is 18.0. The predicted molar refractivity (Wildman–Crippen MR) is 110 cm³/mol. The molecule has 1 saturated heterocycles. The molecule has 168 valence electrons. The Balaban J connectivity index is 2.02. The van der Waals surface area contributed by atoms with E-state index in [1.807, 2.05) is 4.90 Å². The third-order valence-corrected chi connectivity index (χ3v) is 5.07. The summed E-state index contributed by atoms with van der Waals surface area (Å²) in [4.78, 5) is 17.8. The molecule has 2 rings (SSSR count). The summed E-state index contributed by atoms with van der Waals surface area (Å²) in [6.45, 7) is 4.94. The highest BCUT2D eigenvalue weighted by Gasteiger charge is 2.34. The van der Waals surface area contributed by atoms with Gasteiger partial charge in [-0.25, -0.2) is 0 Å². The summed E-state index contributed by atoms with van der Waals surface area (Å²) in [6.07, 6.45) is -2.52. The maximum Gasteiger partial charge on any atom is 0.416 e. The number of likely N-dealkylation sites (tertiary alicyclic amines) is 1. The van der Waals surface area contributed by atoms with Crippen molar-refractivity contribution in [3.05, 3.63) is 29.3 Å². The van der Waals surface area contributed by atoms with Gasteiger partial charge in [0.2, 0.25) is 5.91 Å². The van der Waals surface area contributed by atoms with Crippen molar-refractivity contribution in [3.8, 4) is 5.75 Å². The minimum absolute atomic E-state index is 0.00163. The number of benzene rings is 1. The van der Waals surface area contributed by atoms with E-state index in [9.17, 15) is 18.0 Å². The van der Waals surface area contributed by atoms with Crippen molar-refractivity contribution in [2.45, 2.75) is 51.9 Å². The first-order chi connectivity index (χ1) is 14.1. The molecule has 0 spiro atoms. The van der Waals surface area contributed by atoms with Gasteiger partial charge >= 0.3 is 6.18 Å². The first kappa shape index (κ1) is 23.8. The monoisotopic (exact) mass is 428 g/mol. The first-order valence-electron chi connectivity index (χ1n) is 10.2. The highest BCUT2D eigenvalue weighted by molar-refractivity contribution is 5.80. The number of halogens is 3. The van der Waals surface area contributed by atoms with E-state index in [1.165, 1.54) is 6.07 Å². The Morgan fingerprint density at radius 1 is 1.30 bits per heavy atom. The number of piperidine rings is 1. The molecular formula is C21H31F3N4O2. The lowest BCUT2D eigenvalue weighted by molar-refractivity contribution is -0.138. The Bertz CT molecular complexity index is 742. The number of amides is 1. The van der Waals surface area contributed by atoms with E-state index in [0.717, 1.165) is 18.9 Å². The van der Waals surface area contributed by atoms with Crippen LogP contribution in [0.15, 0.2) is 23.2 Å². The largest absolute Gasteiger partial charge is 0.491 e. The van der Waals surface area contributed by atoms with Crippen LogP contribution in [0.5, 0.6) is 5.75 Å². The van der Waals surface area contributed by atoms with E-state index in [2.05, 4.69) is 15.6 Å². The number of hydrogen-bond donors (Lipinski definition) is 2. The SMILES string of the molecule is CN=C(NCc1ccc(OC(C)C)cc1C(F)(F)F)N1CCC(CC(=O)NC)CC1. The van der Waals surface area contributed by atoms with Crippen LogP contribution in [0.25, 0.3) is 0 Å². The molecule has 1 aromatic carbocycles. The molecule has 0 unspecified atom stereocenters. The van der Waals surface area contributed by atoms with E-state index in [-0.39, 0.29) is 29.9 Å². The van der Waals surface area contributed by atoms with Crippen molar-refractivity contribution in [2.24, 2.45) is 10.9 Å². The normalized spacial score (nSPS) is 16.0. The summed E-state index contributed by atoms with van der Waals surface area (Å²) in [7, 11) is 3.24. The molecule has 1 aliphatic rings. The summed E-state index contributed by atoms with van der Waals surface area (Å²) in [5, 5.41) is 5.69. The lowest BCUT2D eigenvalue weighted by Crippen LogP contribution is -2.45. The zero-order valence-electron chi connectivity index (χ0n) is 18.0. The van der Waals surface area contributed by atoms with Crippen LogP contribution in [-0.4, -0.2) is 50.1 Å². The Morgan fingerprint density at radius 2 is 1.97 bits per heavy atom. The van der Waals surface area contributed by atoms with E-state index < -0.39 is 11.7 Å². The quantitative estimate of drug-likeness (QED) is 0.538. The molecule has 9 heteroatoms. The minimum atomic E-state index is -4.48. The van der Waals surface area contributed by atoms with Crippen LogP contribution >= 0.6 is 0 Å². The second kappa shape index (κ2) is 10.5. The van der Waals surface area contributed by atoms with E-state index >= 15 is 0 Å². The van der Waals surface area contributed by atoms with Crippen LogP contribution in [-0.2, 0) is 17.5 Å². The summed E-state index contributed by atoms with van der Waals surface area (Å²) < 4.78 is 46.1. The van der Waals surface area contributed by atoms with E-state index in [4.69, 9.17) is 4.74 Å². The van der Waals surface area contributed by atoms with Gasteiger partial charge < -0.3 is 20.3 Å². The molecule has 30 heavy (non-hydrogen) atoms. The van der Waals surface area contributed by atoms with Crippen molar-refractivity contribution in [1.82, 2.24) is 15.5 Å². The molecule has 1 aromatic rings. The number of hydrogen-bond acceptors (Lipinski definition) is 3. The number of carbonyl (C=O) groups excluding carboxylic acids is 1. The molecule has 1 aliphatic heterocycles. The van der Waals surface area contributed by atoms with Gasteiger partial charge in [-0.3, -0.25) is 9.79 Å². The van der Waals surface area contributed by atoms with Gasteiger partial charge in [-0.2, -0.15) is 13.2 Å². The first-order valence-corrected chi connectivity index (χ1v) is 10.2. The molecular weight excluding hydrogens is 397 g/mol. The van der Waals surface area contributed by atoms with Gasteiger partial charge in [0, 0.05) is 40.2 Å². The third-order valence-electron chi connectivity index (χ3n) is 5.07. The number of carbonyl (C=O) groups is 1. The molecule has 1 heterocycles. The van der Waals surface area contributed by atoms with Crippen LogP contribution in [0.2, 0.25) is 0 Å². The Morgan fingerprint density at radius 3 is 2.50 bits per heavy atom. The smallest absolute Gasteiger partial charge is 0.416 e. The predicted octanol–water partition coefficient (Wildman–Crippen LogP) is 3.42. The van der Waals surface area contributed by atoms with Crippen molar-refractivity contribution in [3.63, 3.8) is 0 Å². The summed E-state index contributed by atoms with van der Waals surface area (Å²) in [5.41, 5.74) is -0.581. The standard InChI is InChI=1S/C21H31F3N4O2/c1-14(2)30-17-6-5-16(18(12-17)21(22,23)24)13-27-20(26-4)28-9-7-15(8-10-28)11-19(29)25-3/h5-6,12,14-15H,7-11,13H2,1-4H3,(H,25,29)(H,26,27). The van der Waals surface area contributed by atoms with Crippen LogP contribution in [0, 0.1) is 5.92 Å². The molecule has 1 amide bonds. The van der Waals surface area contributed by atoms with E-state index in [1.54, 1.807) is 34.0 Å². The van der Waals surface area contributed by atoms with Gasteiger partial charge in [-0.05, 0) is 50.3 Å². The average molecular weight is 428 g/mol. The fraction of sp³-hybridized carbons (Fsp3) is 0.619. The highest BCUT2D eigenvalue weighted by Crippen LogP contribution is 2.34. The van der Waals surface area contributed by atoms with Crippen LogP contribution in [0.3, 0.4) is 0 Å². The van der Waals surface area contributed by atoms with Crippen LogP contribution in [0.1, 0.15) is 44.2 Å². The minimum Gasteiger partial charge on any atom is -0.491 e. The molecule has 6 nitrogen and oxygen atoms in total. The maximum absolute atomic E-state index is 13.5. The lowest BCUT2D eigenvalue weighted by Gasteiger charge is -2.34. The molecule has 0 aliphatic carbocycles. The van der Waals surface area contributed by atoms with Crippen LogP contribution in [0.4, 0.5) is 13.2 Å². The number of aliphatic imine (C=N–C) groups is 1. The molecule has 0 bridgehead atoms. The molecule has 1 fully saturated rings. The molecule has 0 aromatic heterocycles. The topological polar surface area (TPSA) is 66.0 Å². The average Bonchev–Trinajstić information content (AvgIpc) is 2.69. The van der Waals surface area contributed by atoms with Crippen molar-refractivity contribution < 1.29 is 22.7 Å². The second-order valence-electron chi connectivity index (χ2n) is 7.69. The van der Waals surface area contributed by atoms with Gasteiger partial charge in [0.1, 0.15) is 5.75 Å². The number of rotatable bonds is 6. The third kappa shape index (κ3) is 6.81. The summed E-state index contributed by atoms with van der Waals surface area (Å²) in [5.74, 6) is 1.10. The van der Waals surface area contributed by atoms with E-state index in [0.29, 0.717) is 31.4 Å². The van der Waals surface area contributed by atoms with Crippen molar-refractivity contribution >= 4 is 11.9 Å². The van der Waals surface area contributed by atoms with Crippen molar-refractivity contribution in [2.75, 3.05) is 27.2 Å². The lowest BCUT2D eigenvalue weighted by atomic mass is 9.93. The Kier molecular flexibility index (Phi) is 8.37. The number of guanidine groups is 1. The molecule has 0 atom stereocenters. The summed E-state index contributed by atoms with van der Waals surface area (Å²) >= 11 is 0. The van der Waals surface area contributed by atoms with Crippen molar-refractivity contribution in [1.29, 1.82) is 0 Å². The van der Waals surface area contributed by atoms with Crippen LogP contribution < -0.4 is 15.4 Å². The Hall–Kier alpha value is -2.45. The van der Waals surface area contributed by atoms with Gasteiger partial charge in [0.15, 0.2) is 5.96 Å². The highest BCUT2D eigenvalue weighted by atomic mass is 19.4. The van der Waals surface area contributed by atoms with Gasteiger partial charge in [-0.1, -0.05) is 6.07 Å². The maximum atomic E-state index is 13.5.